The van der Waals surface area contributed by atoms with Crippen LogP contribution in [0.3, 0.4) is 0 Å². The van der Waals surface area contributed by atoms with Crippen LogP contribution >= 0.6 is 0 Å². The Morgan fingerprint density at radius 2 is 1.26 bits per heavy atom. The molecular weight excluding hydrogens is 414 g/mol. The lowest BCUT2D eigenvalue weighted by Gasteiger charge is -2.15. The predicted molar refractivity (Wildman–Crippen MR) is 141 cm³/mol. The Labute approximate surface area is 197 Å². The van der Waals surface area contributed by atoms with Gasteiger partial charge in [0.25, 0.3) is 0 Å². The summed E-state index contributed by atoms with van der Waals surface area (Å²) in [5.41, 5.74) is 9.27. The highest BCUT2D eigenvalue weighted by Gasteiger charge is 2.18. The molecule has 5 aromatic carbocycles. The maximum atomic E-state index is 5.78. The molecule has 7 aromatic rings. The van der Waals surface area contributed by atoms with Crippen LogP contribution in [-0.2, 0) is 0 Å². The lowest BCUT2D eigenvalue weighted by Crippen LogP contribution is -1.97. The number of hydrogen-bond acceptors (Lipinski definition) is 1. The minimum absolute atomic E-state index is 0.903. The van der Waals surface area contributed by atoms with Crippen molar-refractivity contribution in [2.24, 2.45) is 0 Å². The fraction of sp³-hybridized carbons (Fsp3) is 0. The number of hydrogen-bond donors (Lipinski definition) is 0. The molecule has 160 valence electrons. The molecule has 2 aromatic heterocycles. The van der Waals surface area contributed by atoms with Gasteiger partial charge in [-0.1, -0.05) is 84.9 Å². The van der Waals surface area contributed by atoms with Gasteiger partial charge in [-0.3, -0.25) is 0 Å². The number of benzene rings is 5. The summed E-state index contributed by atoms with van der Waals surface area (Å²) in [6, 6.07) is 43.0. The van der Waals surface area contributed by atoms with Crippen molar-refractivity contribution >= 4 is 32.8 Å². The van der Waals surface area contributed by atoms with E-state index in [4.69, 9.17) is 4.42 Å². The topological polar surface area (TPSA) is 18.1 Å². The first-order valence-electron chi connectivity index (χ1n) is 11.5. The molecule has 0 aliphatic heterocycles. The molecule has 0 fully saturated rings. The molecule has 0 bridgehead atoms. The second kappa shape index (κ2) is 7.50. The largest absolute Gasteiger partial charge is 0.464 e. The summed E-state index contributed by atoms with van der Waals surface area (Å²) in [5, 5.41) is 3.60. The van der Waals surface area contributed by atoms with E-state index in [2.05, 4.69) is 126 Å². The summed E-state index contributed by atoms with van der Waals surface area (Å²) in [6.45, 7) is 0. The molecule has 0 saturated heterocycles. The second-order valence-corrected chi connectivity index (χ2v) is 8.61. The third-order valence-corrected chi connectivity index (χ3v) is 6.69. The van der Waals surface area contributed by atoms with Crippen molar-refractivity contribution in [3.05, 3.63) is 128 Å². The lowest BCUT2D eigenvalue weighted by atomic mass is 9.98. The zero-order valence-electron chi connectivity index (χ0n) is 18.5. The van der Waals surface area contributed by atoms with Crippen LogP contribution in [0.25, 0.3) is 60.7 Å². The lowest BCUT2D eigenvalue weighted by molar-refractivity contribution is 0.616. The van der Waals surface area contributed by atoms with Crippen molar-refractivity contribution in [2.45, 2.75) is 0 Å². The number of para-hydroxylation sites is 2. The molecule has 0 aliphatic carbocycles. The molecule has 0 atom stereocenters. The zero-order chi connectivity index (χ0) is 22.5. The second-order valence-electron chi connectivity index (χ2n) is 8.61. The van der Waals surface area contributed by atoms with Crippen LogP contribution < -0.4 is 0 Å². The minimum Gasteiger partial charge on any atom is -0.464 e. The normalized spacial score (nSPS) is 11.5. The van der Waals surface area contributed by atoms with Gasteiger partial charge in [-0.25, -0.2) is 0 Å². The summed E-state index contributed by atoms with van der Waals surface area (Å²) in [6.07, 6.45) is 1.78. The van der Waals surface area contributed by atoms with Gasteiger partial charge < -0.3 is 8.98 Å². The molecule has 0 spiro atoms. The van der Waals surface area contributed by atoms with Crippen LogP contribution in [0.5, 0.6) is 0 Å². The van der Waals surface area contributed by atoms with Gasteiger partial charge in [0.15, 0.2) is 0 Å². The van der Waals surface area contributed by atoms with E-state index in [-0.39, 0.29) is 0 Å². The molecule has 0 aliphatic rings. The van der Waals surface area contributed by atoms with Gasteiger partial charge in [0.2, 0.25) is 0 Å². The van der Waals surface area contributed by atoms with Crippen LogP contribution in [-0.4, -0.2) is 4.57 Å². The standard InChI is InChI=1S/C32H21NO/c1-2-9-22(10-3-1)23-11-8-12-24(21-23)25-13-4-6-15-29(25)33-30-16-7-5-14-26(30)27-17-18-31-28(32(27)33)19-20-34-31/h1-21H. The zero-order valence-corrected chi connectivity index (χ0v) is 18.5. The van der Waals surface area contributed by atoms with E-state index in [1.165, 1.54) is 44.1 Å². The number of aromatic nitrogens is 1. The third kappa shape index (κ3) is 2.82. The quantitative estimate of drug-likeness (QED) is 0.271. The third-order valence-electron chi connectivity index (χ3n) is 6.69. The van der Waals surface area contributed by atoms with E-state index in [9.17, 15) is 0 Å². The molecule has 0 unspecified atom stereocenters. The van der Waals surface area contributed by atoms with Gasteiger partial charge >= 0.3 is 0 Å². The molecule has 2 nitrogen and oxygen atoms in total. The van der Waals surface area contributed by atoms with E-state index in [0.29, 0.717) is 0 Å². The molecular formula is C32H21NO. The Morgan fingerprint density at radius 1 is 0.500 bits per heavy atom. The van der Waals surface area contributed by atoms with Gasteiger partial charge in [-0.05, 0) is 53.1 Å². The van der Waals surface area contributed by atoms with Crippen molar-refractivity contribution in [1.29, 1.82) is 0 Å². The Hall–Kier alpha value is -4.56. The fourth-order valence-electron chi connectivity index (χ4n) is 5.16. The molecule has 0 amide bonds. The van der Waals surface area contributed by atoms with Crippen molar-refractivity contribution in [3.63, 3.8) is 0 Å². The molecule has 2 heteroatoms. The summed E-state index contributed by atoms with van der Waals surface area (Å²) < 4.78 is 8.18. The highest BCUT2D eigenvalue weighted by Crippen LogP contribution is 2.39. The predicted octanol–water partition coefficient (Wildman–Crippen LogP) is 8.86. The van der Waals surface area contributed by atoms with Crippen LogP contribution in [0.1, 0.15) is 0 Å². The SMILES string of the molecule is c1ccc(-c2cccc(-c3ccccc3-n3c4ccccc4c4ccc5occc5c43)c2)cc1. The van der Waals surface area contributed by atoms with E-state index in [0.717, 1.165) is 16.7 Å². The van der Waals surface area contributed by atoms with E-state index >= 15 is 0 Å². The first kappa shape index (κ1) is 19.0. The Bertz CT molecular complexity index is 1800. The van der Waals surface area contributed by atoms with Gasteiger partial charge in [0, 0.05) is 21.7 Å². The number of rotatable bonds is 3. The van der Waals surface area contributed by atoms with E-state index < -0.39 is 0 Å². The van der Waals surface area contributed by atoms with E-state index in [1.54, 1.807) is 6.26 Å². The minimum atomic E-state index is 0.903. The summed E-state index contributed by atoms with van der Waals surface area (Å²) >= 11 is 0. The van der Waals surface area contributed by atoms with Gasteiger partial charge in [0.1, 0.15) is 5.58 Å². The maximum absolute atomic E-state index is 5.78. The van der Waals surface area contributed by atoms with Crippen LogP contribution in [0.2, 0.25) is 0 Å². The summed E-state index contributed by atoms with van der Waals surface area (Å²) in [4.78, 5) is 0. The molecule has 0 radical (unpaired) electrons. The first-order chi connectivity index (χ1) is 16.9. The van der Waals surface area contributed by atoms with Crippen LogP contribution in [0.4, 0.5) is 0 Å². The number of fused-ring (bicyclic) bond motifs is 5. The van der Waals surface area contributed by atoms with Gasteiger partial charge in [-0.15, -0.1) is 0 Å². The molecule has 2 heterocycles. The van der Waals surface area contributed by atoms with Crippen molar-refractivity contribution in [1.82, 2.24) is 4.57 Å². The summed E-state index contributed by atoms with van der Waals surface area (Å²) in [5.74, 6) is 0. The van der Waals surface area contributed by atoms with Crippen molar-refractivity contribution in [2.75, 3.05) is 0 Å². The first-order valence-corrected chi connectivity index (χ1v) is 11.5. The smallest absolute Gasteiger partial charge is 0.136 e. The number of furan rings is 1. The Balaban J connectivity index is 1.55. The highest BCUT2D eigenvalue weighted by atomic mass is 16.3. The Morgan fingerprint density at radius 3 is 2.21 bits per heavy atom. The molecule has 0 saturated carbocycles. The average Bonchev–Trinajstić information content (AvgIpc) is 3.52. The maximum Gasteiger partial charge on any atom is 0.136 e. The Kier molecular flexibility index (Phi) is 4.18. The van der Waals surface area contributed by atoms with Gasteiger partial charge in [0.05, 0.1) is 23.0 Å². The monoisotopic (exact) mass is 435 g/mol. The highest BCUT2D eigenvalue weighted by molar-refractivity contribution is 6.18. The van der Waals surface area contributed by atoms with Crippen molar-refractivity contribution < 1.29 is 4.42 Å². The van der Waals surface area contributed by atoms with Crippen LogP contribution in [0.15, 0.2) is 132 Å². The molecule has 34 heavy (non-hydrogen) atoms. The van der Waals surface area contributed by atoms with Crippen molar-refractivity contribution in [3.8, 4) is 27.9 Å². The number of nitrogens with zero attached hydrogens (tertiary/aromatic N) is 1. The average molecular weight is 436 g/mol. The molecule has 0 N–H and O–H groups in total. The molecule has 7 rings (SSSR count). The fourth-order valence-corrected chi connectivity index (χ4v) is 5.16. The van der Waals surface area contributed by atoms with Gasteiger partial charge in [-0.2, -0.15) is 0 Å². The van der Waals surface area contributed by atoms with E-state index in [1.807, 2.05) is 0 Å². The van der Waals surface area contributed by atoms with Crippen LogP contribution in [0, 0.1) is 0 Å². The summed E-state index contributed by atoms with van der Waals surface area (Å²) in [7, 11) is 0.